The summed E-state index contributed by atoms with van der Waals surface area (Å²) < 4.78 is 11.1. The maximum Gasteiger partial charge on any atom is 0.193 e. The molecule has 0 saturated carbocycles. The Hall–Kier alpha value is -1.96. The molecule has 25 heavy (non-hydrogen) atoms. The first-order valence-electron chi connectivity index (χ1n) is 8.03. The van der Waals surface area contributed by atoms with Crippen LogP contribution in [0.15, 0.2) is 53.5 Å². The lowest BCUT2D eigenvalue weighted by Crippen LogP contribution is -2.24. The number of guanidine groups is 1. The highest BCUT2D eigenvalue weighted by Crippen LogP contribution is 2.25. The number of para-hydroxylation sites is 3. The van der Waals surface area contributed by atoms with Gasteiger partial charge in [0.05, 0.1) is 19.3 Å². The van der Waals surface area contributed by atoms with Crippen LogP contribution in [0.5, 0.6) is 11.5 Å². The minimum Gasteiger partial charge on any atom is -0.495 e. The second-order valence-electron chi connectivity index (χ2n) is 5.63. The van der Waals surface area contributed by atoms with Gasteiger partial charge in [0.2, 0.25) is 0 Å². The lowest BCUT2D eigenvalue weighted by Gasteiger charge is -2.13. The molecule has 0 aliphatic heterocycles. The Morgan fingerprint density at radius 2 is 1.72 bits per heavy atom. The second-order valence-corrected chi connectivity index (χ2v) is 5.63. The number of rotatable bonds is 7. The van der Waals surface area contributed by atoms with Gasteiger partial charge < -0.3 is 20.5 Å². The molecule has 2 rings (SSSR count). The second kappa shape index (κ2) is 10.8. The van der Waals surface area contributed by atoms with Crippen LogP contribution in [-0.4, -0.2) is 26.2 Å². The van der Waals surface area contributed by atoms with Crippen LogP contribution < -0.4 is 20.5 Å². The molecule has 0 aromatic heterocycles. The van der Waals surface area contributed by atoms with Crippen molar-refractivity contribution in [2.45, 2.75) is 19.8 Å². The number of ether oxygens (including phenoxy) is 2. The standard InChI is InChI=1S/C19H25N3O2.HI/c1-14(2)15-8-4-6-10-17(15)24-13-12-21-19(20)22-16-9-5-7-11-18(16)23-3;/h4-11,14H,12-13H2,1-3H3,(H3,20,21,22);1H. The van der Waals surface area contributed by atoms with Crippen LogP contribution in [-0.2, 0) is 0 Å². The summed E-state index contributed by atoms with van der Waals surface area (Å²) in [7, 11) is 1.62. The first-order chi connectivity index (χ1) is 11.6. The Labute approximate surface area is 166 Å². The summed E-state index contributed by atoms with van der Waals surface area (Å²) in [5, 5.41) is 3.04. The van der Waals surface area contributed by atoms with Crippen molar-refractivity contribution in [2.75, 3.05) is 25.6 Å². The number of halogens is 1. The van der Waals surface area contributed by atoms with Crippen LogP contribution in [0, 0.1) is 0 Å². The highest BCUT2D eigenvalue weighted by molar-refractivity contribution is 14.0. The van der Waals surface area contributed by atoms with E-state index in [0.717, 1.165) is 17.2 Å². The molecule has 0 amide bonds. The minimum atomic E-state index is 0. The fraction of sp³-hybridized carbons (Fsp3) is 0.316. The number of nitrogens with one attached hydrogen (secondary N) is 1. The predicted octanol–water partition coefficient (Wildman–Crippen LogP) is 4.24. The predicted molar refractivity (Wildman–Crippen MR) is 115 cm³/mol. The van der Waals surface area contributed by atoms with E-state index in [9.17, 15) is 0 Å². The van der Waals surface area contributed by atoms with E-state index < -0.39 is 0 Å². The van der Waals surface area contributed by atoms with Crippen molar-refractivity contribution < 1.29 is 9.47 Å². The number of nitrogens with two attached hydrogens (primary N) is 1. The average Bonchev–Trinajstić information content (AvgIpc) is 2.59. The Bertz CT molecular complexity index is 690. The SMILES string of the molecule is COc1ccccc1NC(N)=NCCOc1ccccc1C(C)C.I. The molecule has 2 aromatic rings. The zero-order valence-electron chi connectivity index (χ0n) is 14.9. The van der Waals surface area contributed by atoms with Crippen molar-refractivity contribution in [2.24, 2.45) is 10.7 Å². The quantitative estimate of drug-likeness (QED) is 0.284. The topological polar surface area (TPSA) is 68.9 Å². The number of methoxy groups -OCH3 is 1. The Morgan fingerprint density at radius 3 is 2.40 bits per heavy atom. The van der Waals surface area contributed by atoms with Crippen molar-refractivity contribution in [3.8, 4) is 11.5 Å². The smallest absolute Gasteiger partial charge is 0.193 e. The summed E-state index contributed by atoms with van der Waals surface area (Å²) >= 11 is 0. The van der Waals surface area contributed by atoms with Crippen molar-refractivity contribution in [3.63, 3.8) is 0 Å². The van der Waals surface area contributed by atoms with Gasteiger partial charge in [-0.15, -0.1) is 24.0 Å². The maximum absolute atomic E-state index is 5.91. The van der Waals surface area contributed by atoms with Crippen molar-refractivity contribution in [1.29, 1.82) is 0 Å². The van der Waals surface area contributed by atoms with Gasteiger partial charge in [-0.1, -0.05) is 44.2 Å². The number of benzene rings is 2. The van der Waals surface area contributed by atoms with E-state index in [1.165, 1.54) is 5.56 Å². The van der Waals surface area contributed by atoms with Crippen LogP contribution in [0.25, 0.3) is 0 Å². The third-order valence-corrected chi connectivity index (χ3v) is 3.54. The molecule has 136 valence electrons. The summed E-state index contributed by atoms with van der Waals surface area (Å²) in [6, 6.07) is 15.6. The monoisotopic (exact) mass is 455 g/mol. The molecule has 0 saturated heterocycles. The van der Waals surface area contributed by atoms with Crippen molar-refractivity contribution in [3.05, 3.63) is 54.1 Å². The normalized spacial score (nSPS) is 11.0. The molecule has 0 fully saturated rings. The van der Waals surface area contributed by atoms with Crippen LogP contribution in [0.4, 0.5) is 5.69 Å². The van der Waals surface area contributed by atoms with Crippen LogP contribution in [0.3, 0.4) is 0 Å². The molecule has 0 bridgehead atoms. The highest BCUT2D eigenvalue weighted by atomic mass is 127. The van der Waals surface area contributed by atoms with Gasteiger partial charge in [-0.3, -0.25) is 0 Å². The van der Waals surface area contributed by atoms with Gasteiger partial charge in [0.1, 0.15) is 18.1 Å². The number of nitrogens with zero attached hydrogens (tertiary/aromatic N) is 1. The molecule has 0 heterocycles. The molecular formula is C19H26IN3O2. The van der Waals surface area contributed by atoms with E-state index in [0.29, 0.717) is 25.0 Å². The van der Waals surface area contributed by atoms with Gasteiger partial charge in [0.15, 0.2) is 5.96 Å². The summed E-state index contributed by atoms with van der Waals surface area (Å²) in [4.78, 5) is 4.29. The van der Waals surface area contributed by atoms with Gasteiger partial charge in [-0.25, -0.2) is 4.99 Å². The molecule has 0 spiro atoms. The number of hydrogen-bond donors (Lipinski definition) is 2. The third kappa shape index (κ3) is 6.45. The maximum atomic E-state index is 5.91. The van der Waals surface area contributed by atoms with E-state index >= 15 is 0 Å². The molecule has 0 aliphatic carbocycles. The van der Waals surface area contributed by atoms with Crippen molar-refractivity contribution >= 4 is 35.6 Å². The lowest BCUT2D eigenvalue weighted by atomic mass is 10.0. The molecule has 2 aromatic carbocycles. The minimum absolute atomic E-state index is 0. The molecular weight excluding hydrogens is 429 g/mol. The molecule has 6 heteroatoms. The van der Waals surface area contributed by atoms with E-state index in [-0.39, 0.29) is 24.0 Å². The highest BCUT2D eigenvalue weighted by Gasteiger charge is 2.06. The third-order valence-electron chi connectivity index (χ3n) is 3.54. The van der Waals surface area contributed by atoms with Gasteiger partial charge in [0.25, 0.3) is 0 Å². The number of anilines is 1. The van der Waals surface area contributed by atoms with Crippen molar-refractivity contribution in [1.82, 2.24) is 0 Å². The first kappa shape index (κ1) is 21.1. The Kier molecular flexibility index (Phi) is 9.12. The molecule has 0 atom stereocenters. The van der Waals surface area contributed by atoms with Crippen LogP contribution in [0.2, 0.25) is 0 Å². The fourth-order valence-electron chi connectivity index (χ4n) is 2.34. The summed E-state index contributed by atoms with van der Waals surface area (Å²) in [6.45, 7) is 5.24. The molecule has 3 N–H and O–H groups in total. The van der Waals surface area contributed by atoms with E-state index in [2.05, 4.69) is 30.2 Å². The van der Waals surface area contributed by atoms with Gasteiger partial charge in [-0.05, 0) is 29.7 Å². The summed E-state index contributed by atoms with van der Waals surface area (Å²) in [5.41, 5.74) is 7.90. The summed E-state index contributed by atoms with van der Waals surface area (Å²) in [6.07, 6.45) is 0. The Morgan fingerprint density at radius 1 is 1.08 bits per heavy atom. The zero-order chi connectivity index (χ0) is 17.4. The molecule has 5 nitrogen and oxygen atoms in total. The van der Waals surface area contributed by atoms with E-state index in [4.69, 9.17) is 15.2 Å². The molecule has 0 unspecified atom stereocenters. The molecule has 0 radical (unpaired) electrons. The largest absolute Gasteiger partial charge is 0.495 e. The van der Waals surface area contributed by atoms with Crippen LogP contribution in [0.1, 0.15) is 25.3 Å². The van der Waals surface area contributed by atoms with E-state index in [1.54, 1.807) is 7.11 Å². The summed E-state index contributed by atoms with van der Waals surface area (Å²) in [5.74, 6) is 2.37. The van der Waals surface area contributed by atoms with Gasteiger partial charge >= 0.3 is 0 Å². The lowest BCUT2D eigenvalue weighted by molar-refractivity contribution is 0.324. The Balaban J connectivity index is 0.00000312. The first-order valence-corrected chi connectivity index (χ1v) is 8.03. The fourth-order valence-corrected chi connectivity index (χ4v) is 2.34. The molecule has 0 aliphatic rings. The average molecular weight is 455 g/mol. The van der Waals surface area contributed by atoms with Crippen LogP contribution >= 0.6 is 24.0 Å². The number of hydrogen-bond acceptors (Lipinski definition) is 3. The zero-order valence-corrected chi connectivity index (χ0v) is 17.2. The van der Waals surface area contributed by atoms with Gasteiger partial charge in [-0.2, -0.15) is 0 Å². The van der Waals surface area contributed by atoms with E-state index in [1.807, 2.05) is 42.5 Å². The van der Waals surface area contributed by atoms with Gasteiger partial charge in [0, 0.05) is 0 Å². The number of aliphatic imine (C=N–C) groups is 1.